The molecule has 0 bridgehead atoms. The number of halogens is 4. The lowest BCUT2D eigenvalue weighted by Crippen LogP contribution is -2.19. The van der Waals surface area contributed by atoms with E-state index in [1.54, 1.807) is 25.1 Å². The minimum absolute atomic E-state index is 0.160. The largest absolute Gasteiger partial charge is 0.465 e. The number of carbonyl (C=O) groups excluding carboxylic acids is 2. The van der Waals surface area contributed by atoms with E-state index in [2.05, 4.69) is 10.5 Å². The Balaban J connectivity index is 1.81. The Labute approximate surface area is 189 Å². The zero-order valence-corrected chi connectivity index (χ0v) is 17.5. The third-order valence-corrected chi connectivity index (χ3v) is 4.66. The van der Waals surface area contributed by atoms with Crippen molar-refractivity contribution in [2.24, 2.45) is 0 Å². The van der Waals surface area contributed by atoms with Gasteiger partial charge in [-0.1, -0.05) is 35.0 Å². The Hall–Kier alpha value is -3.86. The summed E-state index contributed by atoms with van der Waals surface area (Å²) >= 11 is 5.61. The molecule has 1 heterocycles. The zero-order valence-electron chi connectivity index (χ0n) is 16.8. The highest BCUT2D eigenvalue weighted by Crippen LogP contribution is 2.39. The van der Waals surface area contributed by atoms with Gasteiger partial charge in [-0.2, -0.15) is 13.2 Å². The monoisotopic (exact) mass is 481 g/mol. The number of ketones is 1. The molecule has 33 heavy (non-hydrogen) atoms. The molecular formula is C21H15ClF3N3O5. The molecule has 0 saturated heterocycles. The van der Waals surface area contributed by atoms with Gasteiger partial charge >= 0.3 is 12.3 Å². The van der Waals surface area contributed by atoms with Crippen LogP contribution in [0.3, 0.4) is 0 Å². The molecule has 3 N–H and O–H groups in total. The van der Waals surface area contributed by atoms with Crippen LogP contribution in [0.15, 0.2) is 47.0 Å². The van der Waals surface area contributed by atoms with Crippen LogP contribution in [0.4, 0.5) is 29.3 Å². The average Bonchev–Trinajstić information content (AvgIpc) is 3.15. The number of anilines is 2. The number of alkyl halides is 3. The van der Waals surface area contributed by atoms with E-state index in [9.17, 15) is 27.6 Å². The fraction of sp³-hybridized carbons (Fsp3) is 0.143. The number of nitrogens with zero attached hydrogens (tertiary/aromatic N) is 1. The van der Waals surface area contributed by atoms with Gasteiger partial charge in [-0.3, -0.25) is 14.9 Å². The first-order chi connectivity index (χ1) is 15.4. The van der Waals surface area contributed by atoms with Gasteiger partial charge in [0.05, 0.1) is 34.1 Å². The van der Waals surface area contributed by atoms with Gasteiger partial charge < -0.3 is 14.9 Å². The van der Waals surface area contributed by atoms with Gasteiger partial charge in [0.2, 0.25) is 5.91 Å². The van der Waals surface area contributed by atoms with Crippen molar-refractivity contribution in [3.63, 3.8) is 0 Å². The van der Waals surface area contributed by atoms with Crippen LogP contribution < -0.4 is 10.6 Å². The fourth-order valence-corrected chi connectivity index (χ4v) is 3.17. The molecule has 3 aromatic rings. The number of nitrogens with one attached hydrogen (secondary N) is 2. The topological polar surface area (TPSA) is 122 Å². The second-order valence-electron chi connectivity index (χ2n) is 6.87. The molecule has 2 aromatic carbocycles. The van der Waals surface area contributed by atoms with Gasteiger partial charge in [0.1, 0.15) is 0 Å². The van der Waals surface area contributed by atoms with Crippen LogP contribution in [0.5, 0.6) is 0 Å². The van der Waals surface area contributed by atoms with Gasteiger partial charge in [0.25, 0.3) is 0 Å². The van der Waals surface area contributed by atoms with Crippen molar-refractivity contribution in [1.82, 2.24) is 5.16 Å². The Bertz CT molecular complexity index is 1240. The van der Waals surface area contributed by atoms with Gasteiger partial charge in [-0.25, -0.2) is 4.79 Å². The summed E-state index contributed by atoms with van der Waals surface area (Å²) in [5.74, 6) is -1.16. The molecule has 0 unspecified atom stereocenters. The Morgan fingerprint density at radius 1 is 1.09 bits per heavy atom. The quantitative estimate of drug-likeness (QED) is 0.310. The minimum atomic E-state index is -4.85. The summed E-state index contributed by atoms with van der Waals surface area (Å²) in [4.78, 5) is 35.9. The number of hydrogen-bond acceptors (Lipinski definition) is 5. The molecule has 0 radical (unpaired) electrons. The van der Waals surface area contributed by atoms with Crippen LogP contribution in [0.25, 0.3) is 11.3 Å². The van der Waals surface area contributed by atoms with Crippen molar-refractivity contribution < 1.29 is 37.2 Å². The number of Topliss-reactive ketones (excluding diaryl/α,β-unsaturated/α-hetero) is 1. The first-order valence-corrected chi connectivity index (χ1v) is 9.59. The summed E-state index contributed by atoms with van der Waals surface area (Å²) in [6, 6.07) is 9.06. The standard InChI is InChI=1S/C21H15ClF3N3O5/c1-10-5-18(33-28-10)12-4-2-3-11(6-12)17(29)9-19(30)26-15-7-13(21(23,24)25)14(22)8-16(15)27-20(31)32/h2-8,27H,9H2,1H3,(H,26,30)(H,31,32). The van der Waals surface area contributed by atoms with E-state index in [1.165, 1.54) is 12.1 Å². The first-order valence-electron chi connectivity index (χ1n) is 9.21. The molecule has 0 aliphatic carbocycles. The van der Waals surface area contributed by atoms with Crippen molar-refractivity contribution >= 4 is 40.8 Å². The molecule has 1 aromatic heterocycles. The van der Waals surface area contributed by atoms with Crippen LogP contribution >= 0.6 is 11.6 Å². The zero-order chi connectivity index (χ0) is 24.3. The smallest absolute Gasteiger partial charge is 0.417 e. The summed E-state index contributed by atoms with van der Waals surface area (Å²) in [5.41, 5.74) is -0.832. The summed E-state index contributed by atoms with van der Waals surface area (Å²) in [5, 5.41) is 15.9. The maximum absolute atomic E-state index is 13.2. The maximum atomic E-state index is 13.2. The van der Waals surface area contributed by atoms with Crippen molar-refractivity contribution in [2.45, 2.75) is 19.5 Å². The molecule has 3 rings (SSSR count). The van der Waals surface area contributed by atoms with Crippen molar-refractivity contribution in [1.29, 1.82) is 0 Å². The number of carboxylic acid groups (broad SMARTS) is 1. The molecule has 0 fully saturated rings. The van der Waals surface area contributed by atoms with Crippen LogP contribution in [0.2, 0.25) is 5.02 Å². The van der Waals surface area contributed by atoms with Gasteiger partial charge in [0.15, 0.2) is 11.5 Å². The molecule has 172 valence electrons. The first kappa shape index (κ1) is 23.8. The minimum Gasteiger partial charge on any atom is -0.465 e. The molecule has 0 aliphatic rings. The molecule has 0 atom stereocenters. The van der Waals surface area contributed by atoms with Crippen LogP contribution in [0.1, 0.15) is 28.0 Å². The van der Waals surface area contributed by atoms with E-state index < -0.39 is 46.7 Å². The number of carbonyl (C=O) groups is 3. The fourth-order valence-electron chi connectivity index (χ4n) is 2.90. The number of hydrogen-bond donors (Lipinski definition) is 3. The maximum Gasteiger partial charge on any atom is 0.417 e. The van der Waals surface area contributed by atoms with E-state index >= 15 is 0 Å². The van der Waals surface area contributed by atoms with E-state index in [1.807, 2.05) is 5.32 Å². The lowest BCUT2D eigenvalue weighted by molar-refractivity contribution is -0.137. The lowest BCUT2D eigenvalue weighted by Gasteiger charge is -2.16. The second-order valence-corrected chi connectivity index (χ2v) is 7.27. The number of rotatable bonds is 6. The third kappa shape index (κ3) is 5.89. The van der Waals surface area contributed by atoms with Gasteiger partial charge in [0, 0.05) is 17.2 Å². The SMILES string of the molecule is Cc1cc(-c2cccc(C(=O)CC(=O)Nc3cc(C(F)(F)F)c(Cl)cc3NC(=O)O)c2)on1. The van der Waals surface area contributed by atoms with Crippen LogP contribution in [0, 0.1) is 6.92 Å². The predicted octanol–water partition coefficient (Wildman–Crippen LogP) is 5.62. The van der Waals surface area contributed by atoms with Crippen LogP contribution in [-0.2, 0) is 11.0 Å². The number of benzene rings is 2. The van der Waals surface area contributed by atoms with E-state index in [-0.39, 0.29) is 11.3 Å². The molecule has 12 heteroatoms. The van der Waals surface area contributed by atoms with Crippen LogP contribution in [-0.4, -0.2) is 28.0 Å². The average molecular weight is 482 g/mol. The summed E-state index contributed by atoms with van der Waals surface area (Å²) < 4.78 is 44.7. The predicted molar refractivity (Wildman–Crippen MR) is 112 cm³/mol. The Morgan fingerprint density at radius 2 is 1.79 bits per heavy atom. The molecule has 8 nitrogen and oxygen atoms in total. The number of amides is 2. The molecule has 0 saturated carbocycles. The summed E-state index contributed by atoms with van der Waals surface area (Å²) in [6.45, 7) is 1.72. The highest BCUT2D eigenvalue weighted by Gasteiger charge is 2.34. The van der Waals surface area contributed by atoms with Gasteiger partial charge in [-0.05, 0) is 25.1 Å². The van der Waals surface area contributed by atoms with E-state index in [0.717, 1.165) is 6.07 Å². The molecular weight excluding hydrogens is 467 g/mol. The van der Waals surface area contributed by atoms with E-state index in [4.69, 9.17) is 21.2 Å². The summed E-state index contributed by atoms with van der Waals surface area (Å²) in [7, 11) is 0. The van der Waals surface area contributed by atoms with Crippen molar-refractivity contribution in [3.8, 4) is 11.3 Å². The number of aromatic nitrogens is 1. The summed E-state index contributed by atoms with van der Waals surface area (Å²) in [6.07, 6.45) is -7.15. The normalized spacial score (nSPS) is 11.2. The van der Waals surface area contributed by atoms with Crippen molar-refractivity contribution in [3.05, 3.63) is 64.3 Å². The Morgan fingerprint density at radius 3 is 2.39 bits per heavy atom. The highest BCUT2D eigenvalue weighted by molar-refractivity contribution is 6.32. The second kappa shape index (κ2) is 9.33. The lowest BCUT2D eigenvalue weighted by atomic mass is 10.0. The van der Waals surface area contributed by atoms with E-state index in [0.29, 0.717) is 23.1 Å². The number of aryl methyl sites for hydroxylation is 1. The molecule has 2 amide bonds. The molecule has 0 aliphatic heterocycles. The third-order valence-electron chi connectivity index (χ3n) is 4.35. The highest BCUT2D eigenvalue weighted by atomic mass is 35.5. The molecule has 0 spiro atoms. The Kier molecular flexibility index (Phi) is 6.73. The van der Waals surface area contributed by atoms with Gasteiger partial charge in [-0.15, -0.1) is 0 Å². The van der Waals surface area contributed by atoms with Crippen molar-refractivity contribution in [2.75, 3.05) is 10.6 Å².